The molecule has 0 atom stereocenters. The molecular formula is C52H67BrN10O10S4. The zero-order valence-corrected chi connectivity index (χ0v) is 48.4. The van der Waals surface area contributed by atoms with Gasteiger partial charge in [-0.25, -0.2) is 46.4 Å². The summed E-state index contributed by atoms with van der Waals surface area (Å²) in [6.07, 6.45) is 19.1. The van der Waals surface area contributed by atoms with Crippen LogP contribution >= 0.6 is 38.6 Å². The van der Waals surface area contributed by atoms with Gasteiger partial charge in [0.2, 0.25) is 20.0 Å². The van der Waals surface area contributed by atoms with E-state index in [2.05, 4.69) is 51.2 Å². The molecule has 5 N–H and O–H groups in total. The van der Waals surface area contributed by atoms with E-state index in [9.17, 15) is 26.4 Å². The summed E-state index contributed by atoms with van der Waals surface area (Å²) in [6.45, 7) is 9.53. The van der Waals surface area contributed by atoms with Crippen LogP contribution in [0.15, 0.2) is 96.8 Å². The lowest BCUT2D eigenvalue weighted by Crippen LogP contribution is -2.38. The number of amides is 2. The van der Waals surface area contributed by atoms with Crippen molar-refractivity contribution in [3.05, 3.63) is 88.2 Å². The number of aromatic nitrogens is 4. The maximum Gasteiger partial charge on any atom is 0.407 e. The Balaban J connectivity index is 0.000000185. The van der Waals surface area contributed by atoms with Crippen LogP contribution in [-0.2, 0) is 29.5 Å². The highest BCUT2D eigenvalue weighted by molar-refractivity contribution is 9.10. The quantitative estimate of drug-likeness (QED) is 0.0789. The molecule has 2 amide bonds. The van der Waals surface area contributed by atoms with Crippen LogP contribution < -0.4 is 21.7 Å². The zero-order chi connectivity index (χ0) is 54.7. The number of carbonyl (C=O) groups is 2. The minimum Gasteiger partial charge on any atom is -0.447 e. The lowest BCUT2D eigenvalue weighted by atomic mass is 9.86. The fourth-order valence-corrected chi connectivity index (χ4v) is 16.1. The van der Waals surface area contributed by atoms with Gasteiger partial charge >= 0.3 is 12.2 Å². The molecule has 416 valence electrons. The number of oxazole rings is 2. The van der Waals surface area contributed by atoms with E-state index < -0.39 is 20.0 Å². The molecule has 6 heterocycles. The Morgan fingerprint density at radius 3 is 1.52 bits per heavy atom. The molecule has 0 bridgehead atoms. The van der Waals surface area contributed by atoms with Crippen molar-refractivity contribution in [2.45, 2.75) is 151 Å². The molecular weight excluding hydrogens is 1130 g/mol. The molecule has 0 radical (unpaired) electrons. The van der Waals surface area contributed by atoms with Crippen molar-refractivity contribution in [2.24, 2.45) is 0 Å². The van der Waals surface area contributed by atoms with Crippen molar-refractivity contribution >= 4 is 88.6 Å². The van der Waals surface area contributed by atoms with Gasteiger partial charge in [0.25, 0.3) is 12.0 Å². The first-order valence-corrected chi connectivity index (χ1v) is 31.4. The number of nitrogens with two attached hydrogens (primary N) is 1. The van der Waals surface area contributed by atoms with Gasteiger partial charge in [-0.3, -0.25) is 0 Å². The van der Waals surface area contributed by atoms with Gasteiger partial charge in [-0.05, 0) is 129 Å². The van der Waals surface area contributed by atoms with E-state index in [-0.39, 0.29) is 53.3 Å². The Hall–Kier alpha value is -5.44. The van der Waals surface area contributed by atoms with Crippen molar-refractivity contribution in [1.29, 1.82) is 0 Å². The van der Waals surface area contributed by atoms with Crippen molar-refractivity contribution < 1.29 is 44.7 Å². The average Bonchev–Trinajstić information content (AvgIpc) is 4.27. The van der Waals surface area contributed by atoms with E-state index in [1.54, 1.807) is 55.8 Å². The summed E-state index contributed by atoms with van der Waals surface area (Å²) in [4.78, 5) is 43.1. The summed E-state index contributed by atoms with van der Waals surface area (Å²) >= 11 is 6.56. The molecule has 4 aromatic heterocycles. The topological polar surface area (TPSA) is 267 Å². The Morgan fingerprint density at radius 1 is 0.649 bits per heavy atom. The van der Waals surface area contributed by atoms with E-state index >= 15 is 0 Å². The highest BCUT2D eigenvalue weighted by atomic mass is 79.9. The Kier molecular flexibility index (Phi) is 19.8. The first-order chi connectivity index (χ1) is 36.9. The third-order valence-corrected chi connectivity index (χ3v) is 20.2. The van der Waals surface area contributed by atoms with Gasteiger partial charge < -0.3 is 40.0 Å². The van der Waals surface area contributed by atoms with Crippen LogP contribution in [0.5, 0.6) is 0 Å². The average molecular weight is 1200 g/mol. The van der Waals surface area contributed by atoms with Crippen molar-refractivity contribution in [3.63, 3.8) is 0 Å². The number of sulfonamides is 2. The van der Waals surface area contributed by atoms with Crippen LogP contribution in [0.2, 0.25) is 0 Å². The predicted octanol–water partition coefficient (Wildman–Crippen LogP) is 11.3. The van der Waals surface area contributed by atoms with Crippen LogP contribution in [0.3, 0.4) is 0 Å². The summed E-state index contributed by atoms with van der Waals surface area (Å²) in [5.41, 5.74) is 6.94. The van der Waals surface area contributed by atoms with Gasteiger partial charge in [0.1, 0.15) is 12.5 Å². The molecule has 25 heteroatoms. The maximum absolute atomic E-state index is 13.7. The smallest absolute Gasteiger partial charge is 0.407 e. The molecule has 20 nitrogen and oxygen atoms in total. The second-order valence-electron chi connectivity index (χ2n) is 19.8. The summed E-state index contributed by atoms with van der Waals surface area (Å²) < 4.78 is 78.1. The number of nitrogens with zero attached hydrogens (tertiary/aromatic N) is 6. The highest BCUT2D eigenvalue weighted by Crippen LogP contribution is 2.43. The second-order valence-corrected chi connectivity index (χ2v) is 26.7. The lowest BCUT2D eigenvalue weighted by Gasteiger charge is -2.28. The molecule has 0 unspecified atom stereocenters. The van der Waals surface area contributed by atoms with E-state index in [0.717, 1.165) is 101 Å². The fourth-order valence-electron chi connectivity index (χ4n) is 9.71. The van der Waals surface area contributed by atoms with Crippen molar-refractivity contribution in [3.8, 4) is 20.9 Å². The first-order valence-electron chi connectivity index (χ1n) is 26.0. The Labute approximate surface area is 466 Å². The third-order valence-electron chi connectivity index (χ3n) is 13.5. The number of hydrogen-bond donors (Lipinski definition) is 4. The van der Waals surface area contributed by atoms with Gasteiger partial charge in [-0.2, -0.15) is 8.61 Å². The maximum atomic E-state index is 13.7. The number of anilines is 3. The molecule has 2 saturated carbocycles. The molecule has 77 heavy (non-hydrogen) atoms. The Morgan fingerprint density at radius 2 is 1.10 bits per heavy atom. The lowest BCUT2D eigenvalue weighted by molar-refractivity contribution is 0.108. The zero-order valence-electron chi connectivity index (χ0n) is 43.6. The number of benzene rings is 2. The number of nitrogens with one attached hydrogen (secondary N) is 3. The monoisotopic (exact) mass is 1200 g/mol. The predicted molar refractivity (Wildman–Crippen MR) is 299 cm³/mol. The minimum absolute atomic E-state index is 0.0952. The number of nitrogen functional groups attached to an aromatic ring is 1. The van der Waals surface area contributed by atoms with Gasteiger partial charge in [-0.1, -0.05) is 28.1 Å². The Bertz CT molecular complexity index is 3090. The molecule has 4 fully saturated rings. The highest BCUT2D eigenvalue weighted by Gasteiger charge is 2.34. The number of carbonyl (C=O) groups excluding carboxylic acids is 2. The van der Waals surface area contributed by atoms with Gasteiger partial charge in [0.15, 0.2) is 0 Å². The molecule has 2 saturated heterocycles. The van der Waals surface area contributed by atoms with Crippen molar-refractivity contribution in [2.75, 3.05) is 37.2 Å². The molecule has 2 aliphatic carbocycles. The number of ether oxygens (including phenoxy) is 2. The fraction of sp³-hybridized carbons (Fsp3) is 0.500. The van der Waals surface area contributed by atoms with Crippen LogP contribution in [0.4, 0.5) is 27.3 Å². The summed E-state index contributed by atoms with van der Waals surface area (Å²) in [7, 11) is -7.25. The SMILES string of the molecule is CC(C)OC(=O)NC1CCC(c2ncc(-c3ccc(Br)cc3S(=O)(=O)N3CCCC3)s2)CC1.CC(C)OC(=O)NC1CCC(c2ncc(-c3ccc(Nc4ncco4)cc3S(=O)(=O)N3CCCC3)s2)CC1.Nc1ncco1. The number of thiazole rings is 2. The molecule has 2 aromatic carbocycles. The summed E-state index contributed by atoms with van der Waals surface area (Å²) in [5, 5.41) is 11.0. The molecule has 4 aliphatic rings. The first kappa shape index (κ1) is 57.7. The largest absolute Gasteiger partial charge is 0.447 e. The van der Waals surface area contributed by atoms with Crippen LogP contribution in [0.1, 0.15) is 127 Å². The number of rotatable bonds is 14. The summed E-state index contributed by atoms with van der Waals surface area (Å²) in [6, 6.07) is 11.5. The van der Waals surface area contributed by atoms with Crippen LogP contribution in [-0.4, -0.2) is 108 Å². The van der Waals surface area contributed by atoms with Crippen LogP contribution in [0.25, 0.3) is 20.9 Å². The number of hydrogen-bond acceptors (Lipinski definition) is 18. The van der Waals surface area contributed by atoms with Crippen molar-refractivity contribution in [1.82, 2.24) is 39.2 Å². The van der Waals surface area contributed by atoms with Crippen LogP contribution in [0, 0.1) is 0 Å². The van der Waals surface area contributed by atoms with E-state index in [0.29, 0.717) is 59.8 Å². The van der Waals surface area contributed by atoms with E-state index in [1.165, 1.54) is 24.9 Å². The number of halogens is 1. The van der Waals surface area contributed by atoms with E-state index in [1.807, 2.05) is 52.0 Å². The van der Waals surface area contributed by atoms with Gasteiger partial charge in [0.05, 0.1) is 54.2 Å². The molecule has 2 aliphatic heterocycles. The third kappa shape index (κ3) is 15.4. The van der Waals surface area contributed by atoms with Gasteiger partial charge in [-0.15, -0.1) is 22.7 Å². The standard InChI is InChI=1S/C26H33N5O5S2.C23H30BrN3O4S2.C3H4N2O/c1-17(2)36-26(32)30-19-7-5-18(6-8-19)24-28-16-22(37-24)21-10-9-20(29-25-27-11-14-35-25)15-23(21)38(33,34)31-12-3-4-13-31;1-15(2)31-23(28)26-18-8-5-16(6-9-18)22-25-14-20(32-22)19-10-7-17(24)13-21(19)33(29,30)27-11-3-4-12-27;4-3-5-1-2-6-3/h9-11,14-19H,3-8,12-13H2,1-2H3,(H,27,29)(H,30,32);7,10,13-16,18H,3-6,8-9,11-12H2,1-2H3,(H,26,28);1-2H,(H2,4,5). The summed E-state index contributed by atoms with van der Waals surface area (Å²) in [5.74, 6) is 0.592. The molecule has 10 rings (SSSR count). The second kappa shape index (κ2) is 26.5. The minimum atomic E-state index is -3.69. The van der Waals surface area contributed by atoms with Gasteiger partial charge in [0, 0.05) is 83.8 Å². The molecule has 6 aromatic rings. The number of alkyl carbamates (subject to hydrolysis) is 2. The molecule has 0 spiro atoms. The normalized spacial score (nSPS) is 20.2. The van der Waals surface area contributed by atoms with E-state index in [4.69, 9.17) is 24.6 Å².